The van der Waals surface area contributed by atoms with E-state index in [1.54, 1.807) is 0 Å². The van der Waals surface area contributed by atoms with Crippen LogP contribution in [0.4, 0.5) is 23.7 Å². The number of rotatable bonds is 4. The molecule has 1 aromatic carbocycles. The lowest BCUT2D eigenvalue weighted by atomic mass is 10.3. The molecule has 0 heterocycles. The van der Waals surface area contributed by atoms with Crippen LogP contribution in [-0.2, 0) is 0 Å². The maximum absolute atomic E-state index is 11.9. The Bertz CT molecular complexity index is 409. The van der Waals surface area contributed by atoms with Gasteiger partial charge in [-0.1, -0.05) is 0 Å². The van der Waals surface area contributed by atoms with Crippen molar-refractivity contribution >= 4 is 22.7 Å². The molecule has 100 valence electrons. The minimum Gasteiger partial charge on any atom is -0.406 e. The van der Waals surface area contributed by atoms with Crippen LogP contribution in [0, 0.1) is 0 Å². The molecular weight excluding hydrogens is 273 g/mol. The minimum absolute atomic E-state index is 0.168. The fourth-order valence-electron chi connectivity index (χ4n) is 1.28. The monoisotopic (exact) mass is 282 g/mol. The first-order valence-electron chi connectivity index (χ1n) is 4.86. The van der Waals surface area contributed by atoms with Crippen LogP contribution in [0.5, 0.6) is 5.75 Å². The molecule has 0 saturated heterocycles. The molecule has 1 amide bonds. The van der Waals surface area contributed by atoms with Gasteiger partial charge in [-0.2, -0.15) is 0 Å². The molecular formula is C10H10ClF3N2O2. The van der Waals surface area contributed by atoms with Crippen molar-refractivity contribution in [3.8, 4) is 5.75 Å². The van der Waals surface area contributed by atoms with Crippen LogP contribution in [0.25, 0.3) is 0 Å². The normalized spacial score (nSPS) is 11.2. The number of amides is 1. The molecule has 1 aromatic rings. The van der Waals surface area contributed by atoms with Crippen LogP contribution < -0.4 is 15.4 Å². The largest absolute Gasteiger partial charge is 0.573 e. The molecule has 0 bridgehead atoms. The number of alkyl halides is 3. The van der Waals surface area contributed by atoms with Crippen molar-refractivity contribution in [3.63, 3.8) is 0 Å². The van der Waals surface area contributed by atoms with E-state index in [2.05, 4.69) is 4.74 Å². The fraction of sp³-hybridized carbons (Fsp3) is 0.300. The van der Waals surface area contributed by atoms with E-state index in [1.165, 1.54) is 12.1 Å². The van der Waals surface area contributed by atoms with Gasteiger partial charge in [-0.05, 0) is 35.9 Å². The first-order valence-corrected chi connectivity index (χ1v) is 5.24. The molecule has 0 saturated carbocycles. The van der Waals surface area contributed by atoms with Crippen molar-refractivity contribution in [1.29, 1.82) is 0 Å². The Morgan fingerprint density at radius 1 is 1.33 bits per heavy atom. The number of carbonyl (C=O) groups excluding carboxylic acids is 1. The number of benzene rings is 1. The molecule has 0 fully saturated rings. The van der Waals surface area contributed by atoms with Gasteiger partial charge >= 0.3 is 11.7 Å². The molecule has 1 rings (SSSR count). The molecule has 0 unspecified atom stereocenters. The maximum atomic E-state index is 11.9. The second-order valence-electron chi connectivity index (χ2n) is 3.23. The van der Waals surface area contributed by atoms with Gasteiger partial charge in [0, 0.05) is 18.8 Å². The third-order valence-electron chi connectivity index (χ3n) is 1.95. The summed E-state index contributed by atoms with van der Waals surface area (Å²) in [6.07, 6.45) is -4.75. The van der Waals surface area contributed by atoms with Gasteiger partial charge < -0.3 is 10.5 Å². The van der Waals surface area contributed by atoms with Crippen LogP contribution in [0.2, 0.25) is 0 Å². The van der Waals surface area contributed by atoms with Crippen molar-refractivity contribution in [2.24, 2.45) is 5.73 Å². The number of hydrogen-bond acceptors (Lipinski definition) is 3. The average Bonchev–Trinajstić information content (AvgIpc) is 2.25. The number of nitrogens with two attached hydrogens (primary N) is 1. The highest BCUT2D eigenvalue weighted by Gasteiger charge is 2.31. The highest BCUT2D eigenvalue weighted by Crippen LogP contribution is 2.25. The summed E-state index contributed by atoms with van der Waals surface area (Å²) in [5.74, 6) is -0.374. The van der Waals surface area contributed by atoms with Crippen LogP contribution in [0.1, 0.15) is 0 Å². The van der Waals surface area contributed by atoms with Gasteiger partial charge in [0.1, 0.15) is 5.75 Å². The highest BCUT2D eigenvalue weighted by molar-refractivity contribution is 6.66. The number of carbonyl (C=O) groups is 1. The summed E-state index contributed by atoms with van der Waals surface area (Å²) in [6.45, 7) is 0.348. The first kappa shape index (κ1) is 14.6. The Kier molecular flexibility index (Phi) is 4.80. The predicted molar refractivity (Wildman–Crippen MR) is 60.8 cm³/mol. The Hall–Kier alpha value is -1.47. The molecule has 0 aromatic heterocycles. The second-order valence-corrected chi connectivity index (χ2v) is 3.56. The van der Waals surface area contributed by atoms with Crippen LogP contribution in [-0.4, -0.2) is 24.8 Å². The van der Waals surface area contributed by atoms with Gasteiger partial charge in [0.15, 0.2) is 0 Å². The lowest BCUT2D eigenvalue weighted by Crippen LogP contribution is -2.31. The standard InChI is InChI=1S/C10H10ClF3N2O2/c11-9(17)16(6-5-15)7-1-3-8(4-2-7)18-10(12,13)14/h1-4H,5-6,15H2. The predicted octanol–water partition coefficient (Wildman–Crippen LogP) is 2.71. The Morgan fingerprint density at radius 3 is 2.28 bits per heavy atom. The van der Waals surface area contributed by atoms with E-state index in [0.29, 0.717) is 5.69 Å². The zero-order chi connectivity index (χ0) is 13.8. The summed E-state index contributed by atoms with van der Waals surface area (Å²) < 4.78 is 39.5. The van der Waals surface area contributed by atoms with Gasteiger partial charge in [0.25, 0.3) is 0 Å². The number of nitrogens with zero attached hydrogens (tertiary/aromatic N) is 1. The molecule has 0 radical (unpaired) electrons. The Morgan fingerprint density at radius 2 is 1.89 bits per heavy atom. The Labute approximate surface area is 106 Å². The molecule has 18 heavy (non-hydrogen) atoms. The number of hydrogen-bond donors (Lipinski definition) is 1. The summed E-state index contributed by atoms with van der Waals surface area (Å²) in [6, 6.07) is 4.76. The molecule has 0 atom stereocenters. The van der Waals surface area contributed by atoms with E-state index < -0.39 is 11.7 Å². The van der Waals surface area contributed by atoms with Gasteiger partial charge in [-0.3, -0.25) is 9.69 Å². The lowest BCUT2D eigenvalue weighted by Gasteiger charge is -2.19. The minimum atomic E-state index is -4.75. The van der Waals surface area contributed by atoms with Crippen LogP contribution in [0.15, 0.2) is 24.3 Å². The van der Waals surface area contributed by atoms with E-state index >= 15 is 0 Å². The SMILES string of the molecule is NCCN(C(=O)Cl)c1ccc(OC(F)(F)F)cc1. The van der Waals surface area contributed by atoms with Crippen molar-refractivity contribution < 1.29 is 22.7 Å². The van der Waals surface area contributed by atoms with E-state index in [4.69, 9.17) is 17.3 Å². The van der Waals surface area contributed by atoms with E-state index in [9.17, 15) is 18.0 Å². The quantitative estimate of drug-likeness (QED) is 0.682. The number of anilines is 1. The third kappa shape index (κ3) is 4.42. The summed E-state index contributed by atoms with van der Waals surface area (Å²) in [5, 5.41) is -0.759. The highest BCUT2D eigenvalue weighted by atomic mass is 35.5. The van der Waals surface area contributed by atoms with Crippen LogP contribution in [0.3, 0.4) is 0 Å². The van der Waals surface area contributed by atoms with Crippen molar-refractivity contribution in [1.82, 2.24) is 0 Å². The van der Waals surface area contributed by atoms with E-state index in [0.717, 1.165) is 17.0 Å². The summed E-state index contributed by atoms with van der Waals surface area (Å²) in [7, 11) is 0. The van der Waals surface area contributed by atoms with Crippen molar-refractivity contribution in [3.05, 3.63) is 24.3 Å². The molecule has 8 heteroatoms. The van der Waals surface area contributed by atoms with E-state index in [1.807, 2.05) is 0 Å². The molecule has 4 nitrogen and oxygen atoms in total. The lowest BCUT2D eigenvalue weighted by molar-refractivity contribution is -0.274. The zero-order valence-electron chi connectivity index (χ0n) is 9.08. The van der Waals surface area contributed by atoms with Gasteiger partial charge in [0.05, 0.1) is 0 Å². The van der Waals surface area contributed by atoms with Gasteiger partial charge in [0.2, 0.25) is 0 Å². The molecule has 0 aliphatic rings. The van der Waals surface area contributed by atoms with Crippen LogP contribution >= 0.6 is 11.6 Å². The molecule has 0 spiro atoms. The summed E-state index contributed by atoms with van der Waals surface area (Å²) in [4.78, 5) is 12.2. The third-order valence-corrected chi connectivity index (χ3v) is 2.15. The zero-order valence-corrected chi connectivity index (χ0v) is 9.83. The second kappa shape index (κ2) is 5.92. The van der Waals surface area contributed by atoms with Gasteiger partial charge in [-0.15, -0.1) is 13.2 Å². The first-order chi connectivity index (χ1) is 8.33. The molecule has 2 N–H and O–H groups in total. The topological polar surface area (TPSA) is 55.6 Å². The molecule has 0 aliphatic heterocycles. The number of ether oxygens (including phenoxy) is 1. The molecule has 0 aliphatic carbocycles. The smallest absolute Gasteiger partial charge is 0.406 e. The van der Waals surface area contributed by atoms with Crippen molar-refractivity contribution in [2.45, 2.75) is 6.36 Å². The van der Waals surface area contributed by atoms with E-state index in [-0.39, 0.29) is 18.8 Å². The number of halogens is 4. The van der Waals surface area contributed by atoms with Gasteiger partial charge in [-0.25, -0.2) is 0 Å². The summed E-state index contributed by atoms with van der Waals surface area (Å²) >= 11 is 5.32. The Balaban J connectivity index is 2.83. The summed E-state index contributed by atoms with van der Waals surface area (Å²) in [5.41, 5.74) is 5.63. The average molecular weight is 283 g/mol. The maximum Gasteiger partial charge on any atom is 0.573 e. The van der Waals surface area contributed by atoms with Crippen molar-refractivity contribution in [2.75, 3.05) is 18.0 Å². The fourth-order valence-corrected chi connectivity index (χ4v) is 1.46.